The predicted octanol–water partition coefficient (Wildman–Crippen LogP) is 3.95. The number of hydrogen-bond donors (Lipinski definition) is 0. The van der Waals surface area contributed by atoms with E-state index < -0.39 is 0 Å². The average molecular weight is 362 g/mol. The zero-order valence-corrected chi connectivity index (χ0v) is 15.4. The second-order valence-corrected chi connectivity index (χ2v) is 7.06. The van der Waals surface area contributed by atoms with Crippen molar-refractivity contribution >= 4 is 28.4 Å². The first-order chi connectivity index (χ1) is 12.6. The van der Waals surface area contributed by atoms with E-state index in [1.807, 2.05) is 84.0 Å². The SMILES string of the molecule is Cn1c(SCC(=O)c2cn(C)c3ccccc23)nnc1-c1ccccc1. The lowest BCUT2D eigenvalue weighted by molar-refractivity contribution is 0.102. The first kappa shape index (κ1) is 16.6. The van der Waals surface area contributed by atoms with Crippen LogP contribution in [0.2, 0.25) is 0 Å². The predicted molar refractivity (Wildman–Crippen MR) is 104 cm³/mol. The number of hydrogen-bond acceptors (Lipinski definition) is 4. The van der Waals surface area contributed by atoms with Crippen LogP contribution in [-0.2, 0) is 14.1 Å². The molecule has 0 spiro atoms. The van der Waals surface area contributed by atoms with Crippen LogP contribution in [0.15, 0.2) is 66.0 Å². The Kier molecular flexibility index (Phi) is 4.34. The molecular weight excluding hydrogens is 344 g/mol. The Bertz CT molecular complexity index is 1080. The minimum absolute atomic E-state index is 0.0936. The van der Waals surface area contributed by atoms with Crippen molar-refractivity contribution in [3.8, 4) is 11.4 Å². The standard InChI is InChI=1S/C20H18N4OS/c1-23-12-16(15-10-6-7-11-17(15)23)18(25)13-26-20-22-21-19(24(20)2)14-8-4-3-5-9-14/h3-12H,13H2,1-2H3. The Hall–Kier alpha value is -2.86. The van der Waals surface area contributed by atoms with Crippen LogP contribution in [0.1, 0.15) is 10.4 Å². The van der Waals surface area contributed by atoms with Gasteiger partial charge in [-0.05, 0) is 6.07 Å². The van der Waals surface area contributed by atoms with Crippen molar-refractivity contribution in [2.24, 2.45) is 14.1 Å². The third kappa shape index (κ3) is 2.93. The summed E-state index contributed by atoms with van der Waals surface area (Å²) in [7, 11) is 3.88. The summed E-state index contributed by atoms with van der Waals surface area (Å²) in [6.45, 7) is 0. The lowest BCUT2D eigenvalue weighted by Gasteiger charge is -2.03. The summed E-state index contributed by atoms with van der Waals surface area (Å²) in [4.78, 5) is 12.7. The maximum absolute atomic E-state index is 12.7. The van der Waals surface area contributed by atoms with Gasteiger partial charge in [0.05, 0.1) is 5.75 Å². The van der Waals surface area contributed by atoms with E-state index in [1.54, 1.807) is 0 Å². The van der Waals surface area contributed by atoms with Gasteiger partial charge in [-0.15, -0.1) is 10.2 Å². The van der Waals surface area contributed by atoms with E-state index in [-0.39, 0.29) is 5.78 Å². The fraction of sp³-hybridized carbons (Fsp3) is 0.150. The monoisotopic (exact) mass is 362 g/mol. The third-order valence-corrected chi connectivity index (χ3v) is 5.42. The molecule has 0 radical (unpaired) electrons. The molecule has 0 saturated carbocycles. The van der Waals surface area contributed by atoms with Crippen LogP contribution in [-0.4, -0.2) is 30.9 Å². The van der Waals surface area contributed by atoms with Crippen LogP contribution in [0.4, 0.5) is 0 Å². The van der Waals surface area contributed by atoms with Crippen LogP contribution in [0.3, 0.4) is 0 Å². The van der Waals surface area contributed by atoms with Crippen LogP contribution >= 0.6 is 11.8 Å². The molecule has 26 heavy (non-hydrogen) atoms. The smallest absolute Gasteiger partial charge is 0.191 e. The van der Waals surface area contributed by atoms with Gasteiger partial charge in [0.15, 0.2) is 16.8 Å². The average Bonchev–Trinajstić information content (AvgIpc) is 3.21. The number of aromatic nitrogens is 4. The van der Waals surface area contributed by atoms with Gasteiger partial charge in [-0.1, -0.05) is 60.3 Å². The molecule has 0 amide bonds. The number of carbonyl (C=O) groups excluding carboxylic acids is 1. The van der Waals surface area contributed by atoms with Gasteiger partial charge in [-0.2, -0.15) is 0 Å². The maximum Gasteiger partial charge on any atom is 0.191 e. The third-order valence-electron chi connectivity index (χ3n) is 4.40. The van der Waals surface area contributed by atoms with Gasteiger partial charge in [0, 0.05) is 42.3 Å². The molecule has 0 aliphatic heterocycles. The van der Waals surface area contributed by atoms with Crippen LogP contribution in [0.25, 0.3) is 22.3 Å². The number of nitrogens with zero attached hydrogens (tertiary/aromatic N) is 4. The molecule has 0 saturated heterocycles. The van der Waals surface area contributed by atoms with Crippen molar-refractivity contribution in [1.29, 1.82) is 0 Å². The van der Waals surface area contributed by atoms with Crippen molar-refractivity contribution in [3.63, 3.8) is 0 Å². The molecule has 0 aliphatic carbocycles. The highest BCUT2D eigenvalue weighted by Gasteiger charge is 2.16. The van der Waals surface area contributed by atoms with Crippen molar-refractivity contribution in [2.45, 2.75) is 5.16 Å². The first-order valence-corrected chi connectivity index (χ1v) is 9.28. The van der Waals surface area contributed by atoms with Gasteiger partial charge in [0.25, 0.3) is 0 Å². The number of thioether (sulfide) groups is 1. The summed E-state index contributed by atoms with van der Waals surface area (Å²) in [5.41, 5.74) is 2.82. The molecule has 2 heterocycles. The molecule has 6 heteroatoms. The van der Waals surface area contributed by atoms with Crippen molar-refractivity contribution in [3.05, 3.63) is 66.4 Å². The number of fused-ring (bicyclic) bond motifs is 1. The lowest BCUT2D eigenvalue weighted by Crippen LogP contribution is -2.03. The zero-order valence-electron chi connectivity index (χ0n) is 14.6. The Balaban J connectivity index is 1.54. The largest absolute Gasteiger partial charge is 0.350 e. The maximum atomic E-state index is 12.7. The topological polar surface area (TPSA) is 52.7 Å². The van der Waals surface area contributed by atoms with Crippen LogP contribution in [0, 0.1) is 0 Å². The van der Waals surface area contributed by atoms with Gasteiger partial charge in [0.2, 0.25) is 0 Å². The zero-order chi connectivity index (χ0) is 18.1. The molecule has 5 nitrogen and oxygen atoms in total. The Morgan fingerprint density at radius 1 is 1.00 bits per heavy atom. The van der Waals surface area contributed by atoms with Gasteiger partial charge in [-0.3, -0.25) is 4.79 Å². The molecule has 4 rings (SSSR count). The Labute approximate surface area is 155 Å². The second kappa shape index (κ2) is 6.80. The molecule has 0 atom stereocenters. The van der Waals surface area contributed by atoms with Gasteiger partial charge >= 0.3 is 0 Å². The summed E-state index contributed by atoms with van der Waals surface area (Å²) < 4.78 is 3.92. The number of rotatable bonds is 5. The van der Waals surface area contributed by atoms with Crippen LogP contribution in [0.5, 0.6) is 0 Å². The van der Waals surface area contributed by atoms with Gasteiger partial charge in [-0.25, -0.2) is 0 Å². The van der Waals surface area contributed by atoms with E-state index in [1.165, 1.54) is 11.8 Å². The van der Waals surface area contributed by atoms with E-state index in [0.29, 0.717) is 5.75 Å². The lowest BCUT2D eigenvalue weighted by atomic mass is 10.1. The first-order valence-electron chi connectivity index (χ1n) is 8.30. The molecular formula is C20H18N4OS. The van der Waals surface area contributed by atoms with Crippen molar-refractivity contribution in [1.82, 2.24) is 19.3 Å². The molecule has 130 valence electrons. The highest BCUT2D eigenvalue weighted by molar-refractivity contribution is 7.99. The summed E-state index contributed by atoms with van der Waals surface area (Å²) in [5.74, 6) is 1.22. The number of Topliss-reactive ketones (excluding diaryl/α,β-unsaturated/α-hetero) is 1. The Morgan fingerprint density at radius 3 is 2.54 bits per heavy atom. The molecule has 0 bridgehead atoms. The molecule has 2 aromatic heterocycles. The highest BCUT2D eigenvalue weighted by Crippen LogP contribution is 2.25. The summed E-state index contributed by atoms with van der Waals surface area (Å²) in [5, 5.41) is 10.2. The van der Waals surface area contributed by atoms with Gasteiger partial charge < -0.3 is 9.13 Å². The number of benzene rings is 2. The van der Waals surface area contributed by atoms with Gasteiger partial charge in [0.1, 0.15) is 0 Å². The molecule has 2 aromatic carbocycles. The fourth-order valence-electron chi connectivity index (χ4n) is 3.05. The summed E-state index contributed by atoms with van der Waals surface area (Å²) in [6, 6.07) is 17.9. The van der Waals surface area contributed by atoms with E-state index >= 15 is 0 Å². The fourth-order valence-corrected chi connectivity index (χ4v) is 3.85. The minimum atomic E-state index is 0.0936. The second-order valence-electron chi connectivity index (χ2n) is 6.11. The molecule has 0 fully saturated rings. The number of ketones is 1. The van der Waals surface area contributed by atoms with E-state index in [2.05, 4.69) is 10.2 Å². The van der Waals surface area contributed by atoms with E-state index in [0.717, 1.165) is 33.0 Å². The summed E-state index contributed by atoms with van der Waals surface area (Å²) in [6.07, 6.45) is 1.90. The quantitative estimate of drug-likeness (QED) is 0.398. The molecule has 0 aliphatic rings. The Morgan fingerprint density at radius 2 is 1.73 bits per heavy atom. The normalized spacial score (nSPS) is 11.2. The molecule has 0 unspecified atom stereocenters. The van der Waals surface area contributed by atoms with Crippen molar-refractivity contribution in [2.75, 3.05) is 5.75 Å². The minimum Gasteiger partial charge on any atom is -0.350 e. The van der Waals surface area contributed by atoms with Crippen LogP contribution < -0.4 is 0 Å². The van der Waals surface area contributed by atoms with Crippen molar-refractivity contribution < 1.29 is 4.79 Å². The number of aryl methyl sites for hydroxylation is 1. The molecule has 4 aromatic rings. The summed E-state index contributed by atoms with van der Waals surface area (Å²) >= 11 is 1.41. The number of para-hydroxylation sites is 1. The van der Waals surface area contributed by atoms with E-state index in [9.17, 15) is 4.79 Å². The number of carbonyl (C=O) groups is 1. The molecule has 0 N–H and O–H groups in total. The van der Waals surface area contributed by atoms with E-state index in [4.69, 9.17) is 0 Å². The highest BCUT2D eigenvalue weighted by atomic mass is 32.2.